The summed E-state index contributed by atoms with van der Waals surface area (Å²) in [6.45, 7) is -0.516. The van der Waals surface area contributed by atoms with E-state index in [1.165, 1.54) is 0 Å². The highest BCUT2D eigenvalue weighted by Gasteiger charge is 2.12. The molecule has 0 aromatic rings. The molecule has 1 atom stereocenters. The standard InChI is InChI=1S/C5H7NO3/c6-1-5(9)4(2-7)3-8/h1-2,4,6,8H,3H2/t4-/m1/s1. The molecule has 0 rings (SSSR count). The third kappa shape index (κ3) is 2.14. The average Bonchev–Trinajstić information content (AvgIpc) is 1.90. The van der Waals surface area contributed by atoms with E-state index in [1.807, 2.05) is 0 Å². The summed E-state index contributed by atoms with van der Waals surface area (Å²) < 4.78 is 0. The lowest BCUT2D eigenvalue weighted by Crippen LogP contribution is -2.20. The number of hydrogen-bond donors (Lipinski definition) is 2. The zero-order valence-corrected chi connectivity index (χ0v) is 4.70. The predicted molar refractivity (Wildman–Crippen MR) is 30.4 cm³/mol. The van der Waals surface area contributed by atoms with Crippen LogP contribution in [-0.4, -0.2) is 30.0 Å². The normalized spacial score (nSPS) is 12.1. The molecule has 50 valence electrons. The molecule has 0 bridgehead atoms. The van der Waals surface area contributed by atoms with Crippen molar-refractivity contribution in [3.63, 3.8) is 0 Å². The van der Waals surface area contributed by atoms with Gasteiger partial charge in [-0.1, -0.05) is 0 Å². The molecule has 0 spiro atoms. The van der Waals surface area contributed by atoms with Crippen LogP contribution in [0, 0.1) is 11.3 Å². The summed E-state index contributed by atoms with van der Waals surface area (Å²) in [5, 5.41) is 14.7. The van der Waals surface area contributed by atoms with Crippen LogP contribution in [0.25, 0.3) is 0 Å². The second-order valence-corrected chi connectivity index (χ2v) is 1.47. The zero-order chi connectivity index (χ0) is 7.28. The van der Waals surface area contributed by atoms with E-state index in [1.54, 1.807) is 0 Å². The number of aldehydes is 1. The highest BCUT2D eigenvalue weighted by molar-refractivity contribution is 6.30. The van der Waals surface area contributed by atoms with Crippen molar-refractivity contribution in [3.05, 3.63) is 0 Å². The van der Waals surface area contributed by atoms with E-state index < -0.39 is 18.3 Å². The van der Waals surface area contributed by atoms with Crippen molar-refractivity contribution in [2.24, 2.45) is 5.92 Å². The molecule has 4 heteroatoms. The molecule has 0 aliphatic rings. The quantitative estimate of drug-likeness (QED) is 0.290. The maximum absolute atomic E-state index is 10.3. The maximum atomic E-state index is 10.3. The van der Waals surface area contributed by atoms with E-state index in [0.717, 1.165) is 0 Å². The van der Waals surface area contributed by atoms with Gasteiger partial charge in [0.2, 0.25) is 0 Å². The smallest absolute Gasteiger partial charge is 0.185 e. The topological polar surface area (TPSA) is 78.2 Å². The van der Waals surface area contributed by atoms with Gasteiger partial charge in [0.25, 0.3) is 0 Å². The number of aliphatic hydroxyl groups excluding tert-OH is 1. The number of carbonyl (C=O) groups is 2. The van der Waals surface area contributed by atoms with E-state index in [2.05, 4.69) is 0 Å². The molecule has 0 saturated heterocycles. The van der Waals surface area contributed by atoms with Crippen molar-refractivity contribution in [2.45, 2.75) is 0 Å². The van der Waals surface area contributed by atoms with Crippen LogP contribution in [-0.2, 0) is 9.59 Å². The van der Waals surface area contributed by atoms with Crippen LogP contribution in [0.15, 0.2) is 0 Å². The molecule has 0 unspecified atom stereocenters. The summed E-state index contributed by atoms with van der Waals surface area (Å²) in [6.07, 6.45) is 0.850. The van der Waals surface area contributed by atoms with Crippen LogP contribution >= 0.6 is 0 Å². The van der Waals surface area contributed by atoms with Gasteiger partial charge in [0, 0.05) is 0 Å². The van der Waals surface area contributed by atoms with E-state index in [0.29, 0.717) is 12.5 Å². The number of Topliss-reactive ketones (excluding diaryl/α,β-unsaturated/α-hetero) is 1. The molecule has 2 N–H and O–H groups in total. The van der Waals surface area contributed by atoms with Crippen molar-refractivity contribution in [2.75, 3.05) is 6.61 Å². The van der Waals surface area contributed by atoms with E-state index in [9.17, 15) is 9.59 Å². The van der Waals surface area contributed by atoms with Crippen molar-refractivity contribution >= 4 is 18.3 Å². The van der Waals surface area contributed by atoms with Crippen LogP contribution in [0.2, 0.25) is 0 Å². The molecule has 0 radical (unpaired) electrons. The molecule has 0 aliphatic heterocycles. The van der Waals surface area contributed by atoms with Gasteiger partial charge in [-0.15, -0.1) is 0 Å². The minimum Gasteiger partial charge on any atom is -0.395 e. The summed E-state index contributed by atoms with van der Waals surface area (Å²) in [4.78, 5) is 20.2. The van der Waals surface area contributed by atoms with Gasteiger partial charge in [-0.05, 0) is 0 Å². The Hall–Kier alpha value is -1.03. The first-order valence-electron chi connectivity index (χ1n) is 2.36. The lowest BCUT2D eigenvalue weighted by Gasteiger charge is -1.96. The van der Waals surface area contributed by atoms with Gasteiger partial charge < -0.3 is 15.3 Å². The first kappa shape index (κ1) is 7.97. The van der Waals surface area contributed by atoms with Gasteiger partial charge >= 0.3 is 0 Å². The highest BCUT2D eigenvalue weighted by atomic mass is 16.3. The first-order valence-corrected chi connectivity index (χ1v) is 2.36. The number of hydrogen-bond acceptors (Lipinski definition) is 4. The Bertz CT molecular complexity index is 132. The van der Waals surface area contributed by atoms with Gasteiger partial charge in [0.15, 0.2) is 5.78 Å². The van der Waals surface area contributed by atoms with Crippen LogP contribution in [0.3, 0.4) is 0 Å². The minimum absolute atomic E-state index is 0.327. The zero-order valence-electron chi connectivity index (χ0n) is 4.70. The summed E-state index contributed by atoms with van der Waals surface area (Å²) in [7, 11) is 0. The Morgan fingerprint density at radius 3 is 2.44 bits per heavy atom. The van der Waals surface area contributed by atoms with Crippen molar-refractivity contribution < 1.29 is 14.7 Å². The molecular weight excluding hydrogens is 122 g/mol. The second kappa shape index (κ2) is 3.91. The number of aliphatic hydroxyl groups is 1. The molecule has 9 heavy (non-hydrogen) atoms. The Labute approximate surface area is 52.0 Å². The van der Waals surface area contributed by atoms with Crippen LogP contribution in [0.5, 0.6) is 0 Å². The number of nitrogens with one attached hydrogen (secondary N) is 1. The number of carbonyl (C=O) groups excluding carboxylic acids is 2. The minimum atomic E-state index is -1.04. The van der Waals surface area contributed by atoms with Crippen molar-refractivity contribution in [1.29, 1.82) is 5.41 Å². The Morgan fingerprint density at radius 1 is 1.78 bits per heavy atom. The van der Waals surface area contributed by atoms with Crippen LogP contribution in [0.1, 0.15) is 0 Å². The van der Waals surface area contributed by atoms with Crippen LogP contribution in [0.4, 0.5) is 0 Å². The SMILES string of the molecule is N=CC(=O)[C@H](C=O)CO. The van der Waals surface area contributed by atoms with E-state index >= 15 is 0 Å². The average molecular weight is 129 g/mol. The van der Waals surface area contributed by atoms with Gasteiger partial charge in [-0.2, -0.15) is 0 Å². The van der Waals surface area contributed by atoms with Crippen molar-refractivity contribution in [3.8, 4) is 0 Å². The summed E-state index contributed by atoms with van der Waals surface area (Å²) in [6, 6.07) is 0. The first-order chi connectivity index (χ1) is 4.26. The largest absolute Gasteiger partial charge is 0.395 e. The highest BCUT2D eigenvalue weighted by Crippen LogP contribution is 1.88. The fourth-order valence-electron chi connectivity index (χ4n) is 0.307. The molecule has 0 heterocycles. The lowest BCUT2D eigenvalue weighted by atomic mass is 10.1. The van der Waals surface area contributed by atoms with Crippen LogP contribution < -0.4 is 0 Å². The molecule has 0 aromatic carbocycles. The fourth-order valence-corrected chi connectivity index (χ4v) is 0.307. The molecule has 0 saturated carbocycles. The molecule has 0 aliphatic carbocycles. The second-order valence-electron chi connectivity index (χ2n) is 1.47. The molecule has 4 nitrogen and oxygen atoms in total. The van der Waals surface area contributed by atoms with E-state index in [-0.39, 0.29) is 0 Å². The molecule has 0 aromatic heterocycles. The summed E-state index contributed by atoms with van der Waals surface area (Å²) >= 11 is 0. The number of ketones is 1. The Morgan fingerprint density at radius 2 is 2.33 bits per heavy atom. The maximum Gasteiger partial charge on any atom is 0.185 e. The lowest BCUT2D eigenvalue weighted by molar-refractivity contribution is -0.123. The predicted octanol–water partition coefficient (Wildman–Crippen LogP) is -0.988. The monoisotopic (exact) mass is 129 g/mol. The van der Waals surface area contributed by atoms with Gasteiger partial charge in [-0.25, -0.2) is 0 Å². The van der Waals surface area contributed by atoms with Gasteiger partial charge in [-0.3, -0.25) is 4.79 Å². The van der Waals surface area contributed by atoms with Gasteiger partial charge in [0.05, 0.1) is 12.8 Å². The number of rotatable bonds is 4. The molecular formula is C5H7NO3. The third-order valence-corrected chi connectivity index (χ3v) is 0.869. The van der Waals surface area contributed by atoms with Crippen molar-refractivity contribution in [1.82, 2.24) is 0 Å². The molecule has 0 fully saturated rings. The van der Waals surface area contributed by atoms with E-state index in [4.69, 9.17) is 10.5 Å². The summed E-state index contributed by atoms with van der Waals surface area (Å²) in [5.41, 5.74) is 0. The summed E-state index contributed by atoms with van der Waals surface area (Å²) in [5.74, 6) is -1.70. The molecule has 0 amide bonds. The third-order valence-electron chi connectivity index (χ3n) is 0.869. The van der Waals surface area contributed by atoms with Gasteiger partial charge in [0.1, 0.15) is 12.2 Å². The Kier molecular flexibility index (Phi) is 3.46. The fraction of sp³-hybridized carbons (Fsp3) is 0.400. The Balaban J connectivity index is 3.93.